The highest BCUT2D eigenvalue weighted by Crippen LogP contribution is 2.35. The maximum Gasteiger partial charge on any atom is 0.233 e. The molecule has 0 amide bonds. The van der Waals surface area contributed by atoms with Crippen molar-refractivity contribution in [1.82, 2.24) is 4.98 Å². The minimum atomic E-state index is 0.340. The zero-order valence-electron chi connectivity index (χ0n) is 11.4. The number of hydrogen-bond acceptors (Lipinski definition) is 2. The molecule has 0 unspecified atom stereocenters. The van der Waals surface area contributed by atoms with Crippen molar-refractivity contribution in [3.05, 3.63) is 49.5 Å². The molecule has 5 heteroatoms. The second kappa shape index (κ2) is 6.46. The van der Waals surface area contributed by atoms with Crippen LogP contribution in [0.2, 0.25) is 5.02 Å². The molecule has 0 radical (unpaired) electrons. The fraction of sp³-hybridized carbons (Fsp3) is 0.267. The summed E-state index contributed by atoms with van der Waals surface area (Å²) in [5.74, 6) is 1.65. The van der Waals surface area contributed by atoms with Gasteiger partial charge >= 0.3 is 0 Å². The number of aryl methyl sites for hydroxylation is 1. The highest BCUT2D eigenvalue weighted by molar-refractivity contribution is 9.11. The van der Waals surface area contributed by atoms with E-state index in [0.717, 1.165) is 30.8 Å². The zero-order valence-corrected chi connectivity index (χ0v) is 15.3. The van der Waals surface area contributed by atoms with Crippen LogP contribution in [0.3, 0.4) is 0 Å². The first kappa shape index (κ1) is 15.8. The Labute approximate surface area is 140 Å². The molecule has 2 rings (SSSR count). The molecule has 0 fully saturated rings. The number of pyridine rings is 1. The first-order chi connectivity index (χ1) is 9.38. The Bertz CT molecular complexity index is 644. The Hall–Kier alpha value is -0.580. The minimum Gasteiger partial charge on any atom is -0.438 e. The quantitative estimate of drug-likeness (QED) is 0.568. The summed E-state index contributed by atoms with van der Waals surface area (Å²) >= 11 is 13.1. The highest BCUT2D eigenvalue weighted by Gasteiger charge is 2.12. The van der Waals surface area contributed by atoms with E-state index in [1.54, 1.807) is 6.20 Å². The monoisotopic (exact) mass is 417 g/mol. The predicted molar refractivity (Wildman–Crippen MR) is 90.0 cm³/mol. The largest absolute Gasteiger partial charge is 0.438 e. The van der Waals surface area contributed by atoms with Crippen molar-refractivity contribution in [2.75, 3.05) is 0 Å². The normalized spacial score (nSPS) is 10.9. The molecule has 20 heavy (non-hydrogen) atoms. The molecule has 106 valence electrons. The van der Waals surface area contributed by atoms with Crippen LogP contribution in [-0.4, -0.2) is 4.98 Å². The molecule has 0 bridgehead atoms. The van der Waals surface area contributed by atoms with Crippen LogP contribution in [0.1, 0.15) is 30.9 Å². The lowest BCUT2D eigenvalue weighted by Gasteiger charge is -2.14. The summed E-state index contributed by atoms with van der Waals surface area (Å²) in [5, 5.41) is 0.771. The molecule has 0 N–H and O–H groups in total. The van der Waals surface area contributed by atoms with E-state index in [1.165, 1.54) is 0 Å². The van der Waals surface area contributed by atoms with E-state index in [1.807, 2.05) is 25.1 Å². The Balaban J connectivity index is 2.40. The molecule has 1 aromatic heterocycles. The number of ether oxygens (including phenoxy) is 1. The standard InChI is InChI=1S/C15H14Br2ClNO/c1-8(2)11-6-14(9(3)4-13(11)18)20-15-12(17)5-10(16)7-19-15/h4-8H,1-3H3. The van der Waals surface area contributed by atoms with Gasteiger partial charge in [-0.05, 0) is 74.0 Å². The number of hydrogen-bond donors (Lipinski definition) is 0. The molecule has 2 nitrogen and oxygen atoms in total. The molecule has 0 saturated heterocycles. The third kappa shape index (κ3) is 3.54. The van der Waals surface area contributed by atoms with Crippen molar-refractivity contribution >= 4 is 43.5 Å². The maximum absolute atomic E-state index is 6.26. The Kier molecular flexibility index (Phi) is 5.10. The van der Waals surface area contributed by atoms with Gasteiger partial charge in [0.1, 0.15) is 5.75 Å². The van der Waals surface area contributed by atoms with Crippen LogP contribution in [0, 0.1) is 6.92 Å². The topological polar surface area (TPSA) is 22.1 Å². The van der Waals surface area contributed by atoms with E-state index >= 15 is 0 Å². The van der Waals surface area contributed by atoms with Crippen molar-refractivity contribution in [3.63, 3.8) is 0 Å². The van der Waals surface area contributed by atoms with E-state index in [2.05, 4.69) is 50.7 Å². The van der Waals surface area contributed by atoms with Crippen molar-refractivity contribution in [1.29, 1.82) is 0 Å². The number of halogens is 3. The molecule has 0 spiro atoms. The highest BCUT2D eigenvalue weighted by atomic mass is 79.9. The van der Waals surface area contributed by atoms with Gasteiger partial charge in [0.05, 0.1) is 4.47 Å². The van der Waals surface area contributed by atoms with Gasteiger partial charge in [0.2, 0.25) is 5.88 Å². The van der Waals surface area contributed by atoms with Crippen LogP contribution >= 0.6 is 43.5 Å². The summed E-state index contributed by atoms with van der Waals surface area (Å²) in [5.41, 5.74) is 2.05. The average Bonchev–Trinajstić information content (AvgIpc) is 2.35. The minimum absolute atomic E-state index is 0.340. The van der Waals surface area contributed by atoms with Gasteiger partial charge in [-0.25, -0.2) is 4.98 Å². The van der Waals surface area contributed by atoms with Crippen LogP contribution in [0.15, 0.2) is 33.3 Å². The smallest absolute Gasteiger partial charge is 0.233 e. The zero-order chi connectivity index (χ0) is 14.9. The molecule has 0 aliphatic rings. The molecule has 2 aromatic rings. The van der Waals surface area contributed by atoms with Crippen molar-refractivity contribution in [2.24, 2.45) is 0 Å². The molecule has 0 atom stereocenters. The van der Waals surface area contributed by atoms with Gasteiger partial charge in [-0.15, -0.1) is 0 Å². The van der Waals surface area contributed by atoms with Crippen molar-refractivity contribution in [3.8, 4) is 11.6 Å². The maximum atomic E-state index is 6.26. The first-order valence-electron chi connectivity index (χ1n) is 6.17. The van der Waals surface area contributed by atoms with Crippen LogP contribution in [0.25, 0.3) is 0 Å². The summed E-state index contributed by atoms with van der Waals surface area (Å²) in [6, 6.07) is 5.81. The number of benzene rings is 1. The molecule has 1 aromatic carbocycles. The van der Waals surface area contributed by atoms with E-state index in [-0.39, 0.29) is 0 Å². The summed E-state index contributed by atoms with van der Waals surface area (Å²) in [4.78, 5) is 4.26. The number of aromatic nitrogens is 1. The molecule has 0 aliphatic carbocycles. The van der Waals surface area contributed by atoms with Gasteiger partial charge in [0.15, 0.2) is 0 Å². The fourth-order valence-electron chi connectivity index (χ4n) is 1.80. The number of rotatable bonds is 3. The molecule has 0 aliphatic heterocycles. The Morgan fingerprint density at radius 3 is 2.50 bits per heavy atom. The van der Waals surface area contributed by atoms with Crippen molar-refractivity contribution in [2.45, 2.75) is 26.7 Å². The third-order valence-electron chi connectivity index (χ3n) is 2.90. The van der Waals surface area contributed by atoms with Crippen LogP contribution in [-0.2, 0) is 0 Å². The average molecular weight is 420 g/mol. The van der Waals surface area contributed by atoms with E-state index in [4.69, 9.17) is 16.3 Å². The van der Waals surface area contributed by atoms with Crippen LogP contribution < -0.4 is 4.74 Å². The molecule has 1 heterocycles. The van der Waals surface area contributed by atoms with Gasteiger partial charge in [0, 0.05) is 15.7 Å². The lowest BCUT2D eigenvalue weighted by Crippen LogP contribution is -1.96. The van der Waals surface area contributed by atoms with Gasteiger partial charge in [-0.1, -0.05) is 25.4 Å². The van der Waals surface area contributed by atoms with Crippen molar-refractivity contribution < 1.29 is 4.74 Å². The summed E-state index contributed by atoms with van der Waals surface area (Å²) in [6.45, 7) is 6.18. The predicted octanol–water partition coefficient (Wildman–Crippen LogP) is 6.48. The SMILES string of the molecule is Cc1cc(Cl)c(C(C)C)cc1Oc1ncc(Br)cc1Br. The summed E-state index contributed by atoms with van der Waals surface area (Å²) < 4.78 is 7.60. The van der Waals surface area contributed by atoms with E-state index < -0.39 is 0 Å². The fourth-order valence-corrected chi connectivity index (χ4v) is 3.31. The van der Waals surface area contributed by atoms with Crippen LogP contribution in [0.4, 0.5) is 0 Å². The van der Waals surface area contributed by atoms with Gasteiger partial charge in [0.25, 0.3) is 0 Å². The number of nitrogens with zero attached hydrogens (tertiary/aromatic N) is 1. The summed E-state index contributed by atoms with van der Waals surface area (Å²) in [6.07, 6.45) is 1.70. The lowest BCUT2D eigenvalue weighted by molar-refractivity contribution is 0.455. The first-order valence-corrected chi connectivity index (χ1v) is 8.14. The van der Waals surface area contributed by atoms with Crippen LogP contribution in [0.5, 0.6) is 11.6 Å². The van der Waals surface area contributed by atoms with Gasteiger partial charge < -0.3 is 4.74 Å². The van der Waals surface area contributed by atoms with Gasteiger partial charge in [-0.3, -0.25) is 0 Å². The Morgan fingerprint density at radius 2 is 1.90 bits per heavy atom. The van der Waals surface area contributed by atoms with Gasteiger partial charge in [-0.2, -0.15) is 0 Å². The second-order valence-electron chi connectivity index (χ2n) is 4.84. The van der Waals surface area contributed by atoms with E-state index in [0.29, 0.717) is 11.8 Å². The Morgan fingerprint density at radius 1 is 1.20 bits per heavy atom. The van der Waals surface area contributed by atoms with E-state index in [9.17, 15) is 0 Å². The third-order valence-corrected chi connectivity index (χ3v) is 4.23. The lowest BCUT2D eigenvalue weighted by atomic mass is 10.0. The molecular formula is C15H14Br2ClNO. The summed E-state index contributed by atoms with van der Waals surface area (Å²) in [7, 11) is 0. The molecule has 0 saturated carbocycles. The second-order valence-corrected chi connectivity index (χ2v) is 7.01. The molecular weight excluding hydrogens is 405 g/mol.